The number of pyridine rings is 1. The van der Waals surface area contributed by atoms with Gasteiger partial charge in [-0.25, -0.2) is 4.79 Å². The molecule has 100 valence electrons. The van der Waals surface area contributed by atoms with Crippen LogP contribution in [0.25, 0.3) is 0 Å². The Morgan fingerprint density at radius 3 is 2.53 bits per heavy atom. The van der Waals surface area contributed by atoms with Crippen LogP contribution in [0.5, 0.6) is 0 Å². The molecule has 2 rings (SSSR count). The molecular weight excluding hydrogens is 266 g/mol. The van der Waals surface area contributed by atoms with E-state index in [2.05, 4.69) is 9.97 Å². The third kappa shape index (κ3) is 2.76. The molecule has 0 fully saturated rings. The van der Waals surface area contributed by atoms with Crippen molar-refractivity contribution in [3.8, 4) is 0 Å². The number of halogens is 1. The maximum atomic E-state index is 12.3. The first-order valence-corrected chi connectivity index (χ1v) is 6.30. The zero-order valence-corrected chi connectivity index (χ0v) is 11.4. The Balaban J connectivity index is 2.56. The Hall–Kier alpha value is -1.88. The van der Waals surface area contributed by atoms with E-state index in [4.69, 9.17) is 11.6 Å². The van der Waals surface area contributed by atoms with E-state index >= 15 is 0 Å². The van der Waals surface area contributed by atoms with E-state index in [0.29, 0.717) is 5.56 Å². The predicted octanol–water partition coefficient (Wildman–Crippen LogP) is 1.76. The molecule has 6 heteroatoms. The highest BCUT2D eigenvalue weighted by Gasteiger charge is 2.15. The molecule has 0 unspecified atom stereocenters. The summed E-state index contributed by atoms with van der Waals surface area (Å²) in [4.78, 5) is 30.6. The molecular formula is C13H14ClN3O2. The lowest BCUT2D eigenvalue weighted by atomic mass is 10.1. The third-order valence-corrected chi connectivity index (χ3v) is 3.14. The molecule has 0 bridgehead atoms. The van der Waals surface area contributed by atoms with Crippen LogP contribution in [0, 0.1) is 0 Å². The van der Waals surface area contributed by atoms with Gasteiger partial charge in [-0.3, -0.25) is 19.3 Å². The molecule has 0 aliphatic rings. The molecule has 2 heterocycles. The SMILES string of the molecule is CC(C)c1c(Cl)[nH]c(=O)n(Cc2ccncc2)c1=O. The van der Waals surface area contributed by atoms with Gasteiger partial charge in [-0.2, -0.15) is 0 Å². The minimum absolute atomic E-state index is 0.0551. The molecule has 0 aromatic carbocycles. The van der Waals surface area contributed by atoms with Crippen molar-refractivity contribution in [1.82, 2.24) is 14.5 Å². The molecule has 19 heavy (non-hydrogen) atoms. The number of rotatable bonds is 3. The summed E-state index contributed by atoms with van der Waals surface area (Å²) >= 11 is 5.93. The van der Waals surface area contributed by atoms with Gasteiger partial charge in [-0.15, -0.1) is 0 Å². The van der Waals surface area contributed by atoms with E-state index in [-0.39, 0.29) is 23.2 Å². The molecule has 0 aliphatic carbocycles. The molecule has 0 aliphatic heterocycles. The van der Waals surface area contributed by atoms with Gasteiger partial charge in [0.05, 0.1) is 12.1 Å². The summed E-state index contributed by atoms with van der Waals surface area (Å²) in [5.41, 5.74) is 0.409. The number of nitrogens with zero attached hydrogens (tertiary/aromatic N) is 2. The maximum absolute atomic E-state index is 12.3. The van der Waals surface area contributed by atoms with Crippen molar-refractivity contribution in [1.29, 1.82) is 0 Å². The first kappa shape index (κ1) is 13.5. The molecule has 0 amide bonds. The second-order valence-electron chi connectivity index (χ2n) is 4.56. The Morgan fingerprint density at radius 1 is 1.32 bits per heavy atom. The van der Waals surface area contributed by atoms with Crippen LogP contribution in [0.2, 0.25) is 5.15 Å². The Kier molecular flexibility index (Phi) is 3.85. The summed E-state index contributed by atoms with van der Waals surface area (Å²) in [6.45, 7) is 3.92. The van der Waals surface area contributed by atoms with Gasteiger partial charge in [0.25, 0.3) is 5.56 Å². The van der Waals surface area contributed by atoms with Gasteiger partial charge in [-0.05, 0) is 23.6 Å². The third-order valence-electron chi connectivity index (χ3n) is 2.84. The van der Waals surface area contributed by atoms with Crippen LogP contribution < -0.4 is 11.2 Å². The van der Waals surface area contributed by atoms with Crippen LogP contribution >= 0.6 is 11.6 Å². The molecule has 0 saturated carbocycles. The van der Waals surface area contributed by atoms with E-state index in [0.717, 1.165) is 10.1 Å². The van der Waals surface area contributed by atoms with E-state index in [1.165, 1.54) is 0 Å². The van der Waals surface area contributed by atoms with Gasteiger partial charge < -0.3 is 0 Å². The summed E-state index contributed by atoms with van der Waals surface area (Å²) in [5, 5.41) is 0.121. The van der Waals surface area contributed by atoms with Gasteiger partial charge in [0.15, 0.2) is 0 Å². The molecule has 5 nitrogen and oxygen atoms in total. The number of hydrogen-bond donors (Lipinski definition) is 1. The van der Waals surface area contributed by atoms with Crippen molar-refractivity contribution in [3.05, 3.63) is 61.6 Å². The van der Waals surface area contributed by atoms with E-state index < -0.39 is 5.69 Å². The highest BCUT2D eigenvalue weighted by molar-refractivity contribution is 6.30. The van der Waals surface area contributed by atoms with Crippen LogP contribution in [0.3, 0.4) is 0 Å². The quantitative estimate of drug-likeness (QED) is 0.871. The first-order valence-electron chi connectivity index (χ1n) is 5.92. The van der Waals surface area contributed by atoms with Gasteiger partial charge >= 0.3 is 5.69 Å². The molecule has 0 saturated heterocycles. The number of hydrogen-bond acceptors (Lipinski definition) is 3. The monoisotopic (exact) mass is 279 g/mol. The number of aromatic amines is 1. The fraction of sp³-hybridized carbons (Fsp3) is 0.308. The lowest BCUT2D eigenvalue weighted by molar-refractivity contribution is 0.669. The second kappa shape index (κ2) is 5.40. The molecule has 0 atom stereocenters. The van der Waals surface area contributed by atoms with Crippen molar-refractivity contribution in [2.24, 2.45) is 0 Å². The fourth-order valence-corrected chi connectivity index (χ4v) is 2.25. The van der Waals surface area contributed by atoms with E-state index in [1.807, 2.05) is 13.8 Å². The highest BCUT2D eigenvalue weighted by atomic mass is 35.5. The van der Waals surface area contributed by atoms with Gasteiger partial charge in [0.1, 0.15) is 5.15 Å². The average molecular weight is 280 g/mol. The van der Waals surface area contributed by atoms with Crippen molar-refractivity contribution in [2.75, 3.05) is 0 Å². The Morgan fingerprint density at radius 2 is 1.95 bits per heavy atom. The maximum Gasteiger partial charge on any atom is 0.329 e. The van der Waals surface area contributed by atoms with Crippen LogP contribution in [-0.2, 0) is 6.54 Å². The normalized spacial score (nSPS) is 10.9. The van der Waals surface area contributed by atoms with Crippen LogP contribution in [-0.4, -0.2) is 14.5 Å². The summed E-state index contributed by atoms with van der Waals surface area (Å²) in [6.07, 6.45) is 3.24. The molecule has 2 aromatic rings. The van der Waals surface area contributed by atoms with Crippen LogP contribution in [0.1, 0.15) is 30.9 Å². The van der Waals surface area contributed by atoms with Crippen molar-refractivity contribution in [2.45, 2.75) is 26.3 Å². The first-order chi connectivity index (χ1) is 9.00. The minimum atomic E-state index is -0.504. The van der Waals surface area contributed by atoms with Gasteiger partial charge in [-0.1, -0.05) is 25.4 Å². The van der Waals surface area contributed by atoms with Crippen molar-refractivity contribution in [3.63, 3.8) is 0 Å². The fourth-order valence-electron chi connectivity index (χ4n) is 1.87. The largest absolute Gasteiger partial charge is 0.329 e. The zero-order valence-electron chi connectivity index (χ0n) is 10.7. The average Bonchev–Trinajstić information content (AvgIpc) is 2.35. The van der Waals surface area contributed by atoms with E-state index in [9.17, 15) is 9.59 Å². The minimum Gasteiger partial charge on any atom is -0.297 e. The van der Waals surface area contributed by atoms with Crippen LogP contribution in [0.4, 0.5) is 0 Å². The summed E-state index contributed by atoms with van der Waals surface area (Å²) in [6, 6.07) is 3.52. The summed E-state index contributed by atoms with van der Waals surface area (Å²) in [7, 11) is 0. The van der Waals surface area contributed by atoms with Gasteiger partial charge in [0.2, 0.25) is 0 Å². The highest BCUT2D eigenvalue weighted by Crippen LogP contribution is 2.16. The Labute approximate surface area is 114 Å². The standard InChI is InChI=1S/C13H14ClN3O2/c1-8(2)10-11(14)16-13(19)17(12(10)18)7-9-3-5-15-6-4-9/h3-6,8H,7H2,1-2H3,(H,16,19). The smallest absolute Gasteiger partial charge is 0.297 e. The zero-order chi connectivity index (χ0) is 14.0. The van der Waals surface area contributed by atoms with Crippen molar-refractivity contribution >= 4 is 11.6 Å². The molecule has 2 aromatic heterocycles. The van der Waals surface area contributed by atoms with Crippen LogP contribution in [0.15, 0.2) is 34.1 Å². The summed E-state index contributed by atoms with van der Waals surface area (Å²) < 4.78 is 1.15. The molecule has 1 N–H and O–H groups in total. The lowest BCUT2D eigenvalue weighted by Crippen LogP contribution is -2.38. The predicted molar refractivity (Wildman–Crippen MR) is 73.8 cm³/mol. The van der Waals surface area contributed by atoms with Gasteiger partial charge in [0, 0.05) is 12.4 Å². The number of H-pyrrole nitrogens is 1. The Bertz CT molecular complexity index is 689. The van der Waals surface area contributed by atoms with E-state index in [1.54, 1.807) is 24.5 Å². The lowest BCUT2D eigenvalue weighted by Gasteiger charge is -2.11. The second-order valence-corrected chi connectivity index (χ2v) is 4.94. The number of nitrogens with one attached hydrogen (secondary N) is 1. The summed E-state index contributed by atoms with van der Waals surface area (Å²) in [5.74, 6) is -0.0551. The number of aromatic nitrogens is 3. The van der Waals surface area contributed by atoms with Crippen molar-refractivity contribution < 1.29 is 0 Å². The molecule has 0 spiro atoms. The topological polar surface area (TPSA) is 67.8 Å². The molecule has 0 radical (unpaired) electrons.